The van der Waals surface area contributed by atoms with E-state index in [4.69, 9.17) is 19.9 Å². The van der Waals surface area contributed by atoms with Crippen molar-refractivity contribution in [3.8, 4) is 68.1 Å². The molecule has 2 aromatic heterocycles. The molecule has 1 aliphatic carbocycles. The molecular formula is C56H68N4Si4. The van der Waals surface area contributed by atoms with Crippen LogP contribution in [0, 0.1) is 45.9 Å². The molecule has 0 saturated heterocycles. The van der Waals surface area contributed by atoms with Crippen LogP contribution in [-0.2, 0) is 0 Å². The molecule has 0 bridgehead atoms. The molecule has 8 heteroatoms. The van der Waals surface area contributed by atoms with E-state index in [2.05, 4.69) is 177 Å². The van der Waals surface area contributed by atoms with Gasteiger partial charge in [0.2, 0.25) is 0 Å². The van der Waals surface area contributed by atoms with Crippen molar-refractivity contribution in [1.82, 2.24) is 19.9 Å². The van der Waals surface area contributed by atoms with E-state index in [1.807, 2.05) is 0 Å². The highest BCUT2D eigenvalue weighted by Crippen LogP contribution is 2.50. The summed E-state index contributed by atoms with van der Waals surface area (Å²) in [5.41, 5.74) is 30.8. The second-order valence-corrected chi connectivity index (χ2v) is 38.0. The first kappa shape index (κ1) is 47.2. The van der Waals surface area contributed by atoms with Crippen LogP contribution in [0.1, 0.15) is 105 Å². The highest BCUT2D eigenvalue weighted by atomic mass is 28.3. The Hall–Kier alpha value is -4.81. The van der Waals surface area contributed by atoms with E-state index < -0.39 is 32.3 Å². The Bertz CT molecular complexity index is 2580. The fraction of sp³-hybridized carbons (Fsp3) is 0.429. The summed E-state index contributed by atoms with van der Waals surface area (Å²) >= 11 is 0. The van der Waals surface area contributed by atoms with Gasteiger partial charge in [-0.05, 0) is 143 Å². The molecule has 0 amide bonds. The van der Waals surface area contributed by atoms with Gasteiger partial charge >= 0.3 is 0 Å². The maximum Gasteiger partial charge on any atom is 0.138 e. The molecule has 7 rings (SSSR count). The fourth-order valence-electron chi connectivity index (χ4n) is 9.70. The van der Waals surface area contributed by atoms with E-state index in [0.717, 1.165) is 139 Å². The lowest BCUT2D eigenvalue weighted by atomic mass is 9.80. The third-order valence-corrected chi connectivity index (χ3v) is 34.9. The lowest BCUT2D eigenvalue weighted by Gasteiger charge is -2.25. The van der Waals surface area contributed by atoms with Crippen LogP contribution in [0.25, 0.3) is 66.4 Å². The maximum absolute atomic E-state index is 5.41. The molecule has 0 N–H and O–H groups in total. The zero-order chi connectivity index (χ0) is 45.9. The van der Waals surface area contributed by atoms with E-state index >= 15 is 0 Å². The number of hydrogen-bond acceptors (Lipinski definition) is 4. The third kappa shape index (κ3) is 8.56. The molecule has 0 radical (unpaired) electrons. The Labute approximate surface area is 388 Å². The van der Waals surface area contributed by atoms with Crippen LogP contribution < -0.4 is 0 Å². The average molecular weight is 910 g/mol. The molecule has 4 aromatic carbocycles. The summed E-state index contributed by atoms with van der Waals surface area (Å²) in [5.74, 6) is 14.7. The van der Waals surface area contributed by atoms with Crippen molar-refractivity contribution in [3.63, 3.8) is 0 Å². The van der Waals surface area contributed by atoms with Crippen molar-refractivity contribution in [3.05, 3.63) is 70.8 Å². The summed E-state index contributed by atoms with van der Waals surface area (Å²) in [4.78, 5) is 21.7. The highest BCUT2D eigenvalue weighted by molar-refractivity contribution is 6.88. The van der Waals surface area contributed by atoms with E-state index in [0.29, 0.717) is 0 Å². The van der Waals surface area contributed by atoms with Gasteiger partial charge in [-0.3, -0.25) is 0 Å². The molecule has 0 saturated carbocycles. The summed E-state index contributed by atoms with van der Waals surface area (Å²) in [6.45, 7) is 27.7. The number of aromatic nitrogens is 4. The van der Waals surface area contributed by atoms with E-state index in [9.17, 15) is 0 Å². The quantitative estimate of drug-likeness (QED) is 0.0696. The monoisotopic (exact) mass is 908 g/mol. The van der Waals surface area contributed by atoms with Gasteiger partial charge in [-0.2, -0.15) is 0 Å². The number of fused-ring (bicyclic) bond motifs is 8. The van der Waals surface area contributed by atoms with Gasteiger partial charge in [-0.25, -0.2) is 19.9 Å². The molecule has 0 spiro atoms. The van der Waals surface area contributed by atoms with Crippen molar-refractivity contribution >= 4 is 76.4 Å². The second-order valence-electron chi connectivity index (χ2n) is 18.3. The van der Waals surface area contributed by atoms with Crippen LogP contribution in [-0.4, -0.2) is 52.2 Å². The molecule has 0 atom stereocenters. The number of hydrogen-bond donors (Lipinski definition) is 0. The summed E-state index contributed by atoms with van der Waals surface area (Å²) < 4.78 is 0. The molecular weight excluding hydrogens is 841 g/mol. The van der Waals surface area contributed by atoms with Crippen LogP contribution >= 0.6 is 0 Å². The molecule has 2 heterocycles. The van der Waals surface area contributed by atoms with Crippen LogP contribution in [0.5, 0.6) is 0 Å². The molecule has 1 aliphatic rings. The minimum absolute atomic E-state index is 0.857. The topological polar surface area (TPSA) is 51.6 Å². The summed E-state index contributed by atoms with van der Waals surface area (Å²) in [7, 11) is -6.77. The summed E-state index contributed by atoms with van der Waals surface area (Å²) in [6, 6.07) is 31.4. The van der Waals surface area contributed by atoms with Crippen LogP contribution in [0.2, 0.25) is 72.5 Å². The predicted molar refractivity (Wildman–Crippen MR) is 288 cm³/mol. The van der Waals surface area contributed by atoms with Crippen LogP contribution in [0.3, 0.4) is 0 Å². The Morgan fingerprint density at radius 2 is 0.469 bits per heavy atom. The SMILES string of the molecule is CC[Si](C#Cc1ccc(C#C[Si](CC)(CC)CC)c2nc3cc4c(cc3nc12)-c1cc2nc3c(C#C[Si](CC)(CC)CC)ccc(C#C[Si](CC)(CC)CC)c3nc2cc1-4)(CC)CC. The minimum Gasteiger partial charge on any atom is -0.243 e. The summed E-state index contributed by atoms with van der Waals surface area (Å²) in [5, 5.41) is 0. The average Bonchev–Trinajstić information content (AvgIpc) is 3.34. The van der Waals surface area contributed by atoms with Crippen molar-refractivity contribution in [2.75, 3.05) is 0 Å². The van der Waals surface area contributed by atoms with Gasteiger partial charge in [0.1, 0.15) is 54.4 Å². The smallest absolute Gasteiger partial charge is 0.138 e. The first-order valence-electron chi connectivity index (χ1n) is 24.6. The van der Waals surface area contributed by atoms with E-state index in [-0.39, 0.29) is 0 Å². The highest BCUT2D eigenvalue weighted by Gasteiger charge is 2.29. The van der Waals surface area contributed by atoms with Gasteiger partial charge in [0, 0.05) is 0 Å². The lowest BCUT2D eigenvalue weighted by Crippen LogP contribution is -2.29. The Balaban J connectivity index is 1.43. The standard InChI is InChI=1S/C56H68N4Si4/c1-13-61(14-2,15-3)33-29-41-25-26-42(30-34-62(16-4,17-5)18-6)54-53(41)57-49-37-45-46(38-50(49)58-54)48-40-52-51(39-47(45)48)59-55-43(31-35-63(19-7,20-8)21-9)27-28-44(56(55)60-52)32-36-64(22-10,23-11)24-12/h25-28,37-40H,13-24H2,1-12H3. The largest absolute Gasteiger partial charge is 0.243 e. The number of benzene rings is 4. The first-order valence-corrected chi connectivity index (χ1v) is 35.1. The van der Waals surface area contributed by atoms with Gasteiger partial charge in [0.25, 0.3) is 0 Å². The van der Waals surface area contributed by atoms with Gasteiger partial charge in [0.05, 0.1) is 44.3 Å². The van der Waals surface area contributed by atoms with Crippen molar-refractivity contribution in [2.24, 2.45) is 0 Å². The Morgan fingerprint density at radius 1 is 0.297 bits per heavy atom. The first-order chi connectivity index (χ1) is 30.9. The predicted octanol–water partition coefficient (Wildman–Crippen LogP) is 15.1. The molecule has 0 aliphatic heterocycles. The molecule has 4 nitrogen and oxygen atoms in total. The van der Waals surface area contributed by atoms with Gasteiger partial charge < -0.3 is 0 Å². The maximum atomic E-state index is 5.41. The Morgan fingerprint density at radius 3 is 0.625 bits per heavy atom. The Kier molecular flexibility index (Phi) is 14.3. The number of nitrogens with zero attached hydrogens (tertiary/aromatic N) is 4. The van der Waals surface area contributed by atoms with Crippen LogP contribution in [0.15, 0.2) is 48.5 Å². The molecule has 0 unspecified atom stereocenters. The second kappa shape index (κ2) is 19.3. The molecule has 6 aromatic rings. The van der Waals surface area contributed by atoms with Crippen molar-refractivity contribution in [2.45, 2.75) is 156 Å². The van der Waals surface area contributed by atoms with Gasteiger partial charge in [0.15, 0.2) is 0 Å². The fourth-order valence-corrected chi connectivity index (χ4v) is 19.4. The summed E-state index contributed by atoms with van der Waals surface area (Å²) in [6.07, 6.45) is 0. The third-order valence-electron chi connectivity index (χ3n) is 16.0. The van der Waals surface area contributed by atoms with Crippen LogP contribution in [0.4, 0.5) is 0 Å². The normalized spacial score (nSPS) is 12.3. The van der Waals surface area contributed by atoms with E-state index in [1.54, 1.807) is 0 Å². The van der Waals surface area contributed by atoms with Crippen molar-refractivity contribution < 1.29 is 0 Å². The van der Waals surface area contributed by atoms with Crippen molar-refractivity contribution in [1.29, 1.82) is 0 Å². The minimum atomic E-state index is -1.69. The van der Waals surface area contributed by atoms with E-state index in [1.165, 1.54) is 22.3 Å². The number of rotatable bonds is 12. The molecule has 328 valence electrons. The zero-order valence-electron chi connectivity index (χ0n) is 40.9. The molecule has 0 fully saturated rings. The van der Waals surface area contributed by atoms with Gasteiger partial charge in [-0.1, -0.05) is 107 Å². The lowest BCUT2D eigenvalue weighted by molar-refractivity contribution is 1.20. The van der Waals surface area contributed by atoms with Gasteiger partial charge in [-0.15, -0.1) is 22.2 Å². The zero-order valence-corrected chi connectivity index (χ0v) is 44.9. The molecule has 64 heavy (non-hydrogen) atoms.